The van der Waals surface area contributed by atoms with Gasteiger partial charge in [-0.15, -0.1) is 0 Å². The van der Waals surface area contributed by atoms with Crippen LogP contribution in [0.1, 0.15) is 78.4 Å². The number of fused-ring (bicyclic) bond motifs is 1. The fourth-order valence-electron chi connectivity index (χ4n) is 3.93. The molecule has 38 heavy (non-hydrogen) atoms. The molecular formula is C29H41N5O3S. The van der Waals surface area contributed by atoms with Crippen molar-refractivity contribution in [3.8, 4) is 5.75 Å². The van der Waals surface area contributed by atoms with Gasteiger partial charge in [0.1, 0.15) is 11.6 Å². The van der Waals surface area contributed by atoms with Crippen LogP contribution in [0.4, 0.5) is 5.82 Å². The first-order valence-corrected chi connectivity index (χ1v) is 15.0. The van der Waals surface area contributed by atoms with Gasteiger partial charge in [-0.3, -0.25) is 5.43 Å². The third-order valence-corrected chi connectivity index (χ3v) is 8.28. The molecule has 0 atom stereocenters. The summed E-state index contributed by atoms with van der Waals surface area (Å²) in [5.74, 6) is 1.26. The number of nitrogens with one attached hydrogen (secondary N) is 1. The molecule has 0 fully saturated rings. The number of hydrazone groups is 1. The summed E-state index contributed by atoms with van der Waals surface area (Å²) >= 11 is 0. The summed E-state index contributed by atoms with van der Waals surface area (Å²) in [5.41, 5.74) is 12.5. The smallest absolute Gasteiger partial charge is 0.200 e. The molecule has 2 aromatic carbocycles. The van der Waals surface area contributed by atoms with Crippen molar-refractivity contribution < 1.29 is 13.2 Å². The van der Waals surface area contributed by atoms with Gasteiger partial charge in [0.2, 0.25) is 0 Å². The van der Waals surface area contributed by atoms with E-state index in [0.717, 1.165) is 24.8 Å². The van der Waals surface area contributed by atoms with Crippen LogP contribution in [0.5, 0.6) is 5.75 Å². The molecule has 0 saturated carbocycles. The summed E-state index contributed by atoms with van der Waals surface area (Å²) in [7, 11) is -3.62. The average Bonchev–Trinajstić information content (AvgIpc) is 2.88. The Bertz CT molecular complexity index is 1410. The van der Waals surface area contributed by atoms with Crippen molar-refractivity contribution in [2.45, 2.75) is 83.1 Å². The van der Waals surface area contributed by atoms with Crippen molar-refractivity contribution in [3.63, 3.8) is 0 Å². The maximum absolute atomic E-state index is 12.3. The number of rotatable bonds is 12. The lowest BCUT2D eigenvalue weighted by Gasteiger charge is -2.30. The third-order valence-electron chi connectivity index (χ3n) is 7.29. The second kappa shape index (κ2) is 11.7. The summed E-state index contributed by atoms with van der Waals surface area (Å²) in [6, 6.07) is 13.6. The van der Waals surface area contributed by atoms with Crippen LogP contribution in [0.15, 0.2) is 52.6 Å². The van der Waals surface area contributed by atoms with Gasteiger partial charge in [0.05, 0.1) is 17.6 Å². The SMILES string of the molecule is CCC(C)(C)c1ccc(OCCC/C(N)=N\Nc2nc3ccccc3nc2S(C)(=O)=O)c(C(C)(C)CC)c1. The van der Waals surface area contributed by atoms with Gasteiger partial charge in [-0.2, -0.15) is 5.10 Å². The summed E-state index contributed by atoms with van der Waals surface area (Å²) in [6.07, 6.45) is 4.26. The minimum Gasteiger partial charge on any atom is -0.493 e. The molecule has 3 N–H and O–H groups in total. The van der Waals surface area contributed by atoms with Gasteiger partial charge >= 0.3 is 0 Å². The minimum absolute atomic E-state index is 0.0161. The monoisotopic (exact) mass is 539 g/mol. The first-order chi connectivity index (χ1) is 17.8. The highest BCUT2D eigenvalue weighted by Gasteiger charge is 2.26. The van der Waals surface area contributed by atoms with Crippen molar-refractivity contribution in [1.82, 2.24) is 9.97 Å². The number of nitrogens with two attached hydrogens (primary N) is 1. The van der Waals surface area contributed by atoms with Crippen molar-refractivity contribution in [2.75, 3.05) is 18.3 Å². The first kappa shape index (κ1) is 29.4. The Morgan fingerprint density at radius 3 is 2.24 bits per heavy atom. The van der Waals surface area contributed by atoms with E-state index in [1.807, 2.05) is 6.07 Å². The molecule has 1 heterocycles. The molecule has 0 aliphatic carbocycles. The molecule has 0 radical (unpaired) electrons. The normalized spacial score (nSPS) is 13.1. The Labute approximate surface area is 227 Å². The standard InChI is InChI=1S/C29H41N5O3S/c1-8-28(3,4)20-16-17-24(21(19-20)29(5,6)9-2)37-18-12-15-25(30)33-34-26-27(38(7,35)36)32-23-14-11-10-13-22(23)31-26/h10-11,13-14,16-17,19H,8-9,12,15,18H2,1-7H3,(H2,30,33)(H,31,34). The number of nitrogens with zero attached hydrogens (tertiary/aromatic N) is 3. The maximum atomic E-state index is 12.3. The van der Waals surface area contributed by atoms with Crippen LogP contribution in [0.25, 0.3) is 11.0 Å². The Hall–Kier alpha value is -3.20. The molecule has 9 heteroatoms. The molecular weight excluding hydrogens is 498 g/mol. The van der Waals surface area contributed by atoms with Crippen LogP contribution in [-0.4, -0.2) is 37.1 Å². The van der Waals surface area contributed by atoms with E-state index in [0.29, 0.717) is 36.3 Å². The lowest BCUT2D eigenvalue weighted by Crippen LogP contribution is -2.21. The fourth-order valence-corrected chi connectivity index (χ4v) is 4.64. The van der Waals surface area contributed by atoms with E-state index in [-0.39, 0.29) is 21.7 Å². The highest BCUT2D eigenvalue weighted by Crippen LogP contribution is 2.38. The number of hydrogen-bond acceptors (Lipinski definition) is 7. The second-order valence-corrected chi connectivity index (χ2v) is 12.9. The third kappa shape index (κ3) is 7.01. The van der Waals surface area contributed by atoms with E-state index in [4.69, 9.17) is 10.5 Å². The van der Waals surface area contributed by atoms with E-state index in [1.165, 1.54) is 11.1 Å². The molecule has 0 amide bonds. The van der Waals surface area contributed by atoms with Gasteiger partial charge in [-0.05, 0) is 53.9 Å². The molecule has 1 aromatic heterocycles. The molecule has 3 rings (SSSR count). The van der Waals surface area contributed by atoms with Crippen LogP contribution >= 0.6 is 0 Å². The van der Waals surface area contributed by atoms with Crippen molar-refractivity contribution in [3.05, 3.63) is 53.6 Å². The summed E-state index contributed by atoms with van der Waals surface area (Å²) < 4.78 is 30.7. The van der Waals surface area contributed by atoms with E-state index in [1.54, 1.807) is 18.2 Å². The number of anilines is 1. The number of amidine groups is 1. The average molecular weight is 540 g/mol. The number of aromatic nitrogens is 2. The zero-order valence-corrected chi connectivity index (χ0v) is 24.4. The Balaban J connectivity index is 1.69. The Morgan fingerprint density at radius 2 is 1.63 bits per heavy atom. The predicted molar refractivity (Wildman–Crippen MR) is 156 cm³/mol. The number of hydrogen-bond donors (Lipinski definition) is 2. The van der Waals surface area contributed by atoms with Gasteiger partial charge in [0, 0.05) is 18.2 Å². The van der Waals surface area contributed by atoms with Crippen molar-refractivity contribution in [1.29, 1.82) is 0 Å². The Kier molecular flexibility index (Phi) is 9.02. The van der Waals surface area contributed by atoms with Crippen molar-refractivity contribution >= 4 is 32.5 Å². The van der Waals surface area contributed by atoms with Crippen LogP contribution in [0.2, 0.25) is 0 Å². The molecule has 0 aliphatic rings. The fraction of sp³-hybridized carbons (Fsp3) is 0.483. The van der Waals surface area contributed by atoms with Gasteiger partial charge in [0.25, 0.3) is 0 Å². The van der Waals surface area contributed by atoms with E-state index in [2.05, 4.69) is 80.2 Å². The lowest BCUT2D eigenvalue weighted by molar-refractivity contribution is 0.302. The summed E-state index contributed by atoms with van der Waals surface area (Å²) in [6.45, 7) is 13.9. The summed E-state index contributed by atoms with van der Waals surface area (Å²) in [4.78, 5) is 8.63. The van der Waals surface area contributed by atoms with Crippen LogP contribution in [-0.2, 0) is 20.7 Å². The quantitative estimate of drug-likeness (QED) is 0.126. The predicted octanol–water partition coefficient (Wildman–Crippen LogP) is 5.95. The molecule has 0 unspecified atom stereocenters. The van der Waals surface area contributed by atoms with E-state index in [9.17, 15) is 8.42 Å². The molecule has 0 saturated heterocycles. The molecule has 206 valence electrons. The molecule has 8 nitrogen and oxygen atoms in total. The lowest BCUT2D eigenvalue weighted by atomic mass is 9.76. The van der Waals surface area contributed by atoms with Crippen LogP contribution in [0, 0.1) is 0 Å². The number of para-hydroxylation sites is 2. The zero-order valence-electron chi connectivity index (χ0n) is 23.6. The van der Waals surface area contributed by atoms with E-state index >= 15 is 0 Å². The highest BCUT2D eigenvalue weighted by molar-refractivity contribution is 7.90. The first-order valence-electron chi connectivity index (χ1n) is 13.1. The van der Waals surface area contributed by atoms with Gasteiger partial charge in [-0.25, -0.2) is 18.4 Å². The van der Waals surface area contributed by atoms with Gasteiger partial charge < -0.3 is 10.5 Å². The van der Waals surface area contributed by atoms with Crippen molar-refractivity contribution in [2.24, 2.45) is 10.8 Å². The molecule has 3 aromatic rings. The Morgan fingerprint density at radius 1 is 1.00 bits per heavy atom. The highest BCUT2D eigenvalue weighted by atomic mass is 32.2. The largest absolute Gasteiger partial charge is 0.493 e. The number of ether oxygens (including phenoxy) is 1. The molecule has 0 aliphatic heterocycles. The topological polar surface area (TPSA) is 120 Å². The number of sulfone groups is 1. The van der Waals surface area contributed by atoms with Gasteiger partial charge in [0.15, 0.2) is 20.7 Å². The summed E-state index contributed by atoms with van der Waals surface area (Å²) in [5, 5.41) is 3.99. The molecule has 0 spiro atoms. The van der Waals surface area contributed by atoms with Gasteiger partial charge in [-0.1, -0.05) is 65.8 Å². The van der Waals surface area contributed by atoms with E-state index < -0.39 is 9.84 Å². The molecule has 0 bridgehead atoms. The second-order valence-electron chi connectivity index (χ2n) is 11.0. The number of benzene rings is 2. The van der Waals surface area contributed by atoms with Crippen LogP contribution in [0.3, 0.4) is 0 Å². The minimum atomic E-state index is -3.62. The maximum Gasteiger partial charge on any atom is 0.200 e. The van der Waals surface area contributed by atoms with Crippen LogP contribution < -0.4 is 15.9 Å². The zero-order chi connectivity index (χ0) is 28.1.